The van der Waals surface area contributed by atoms with Crippen molar-refractivity contribution in [2.75, 3.05) is 13.1 Å². The van der Waals surface area contributed by atoms with Gasteiger partial charge in [0.25, 0.3) is 5.91 Å². The first-order valence-electron chi connectivity index (χ1n) is 10.1. The van der Waals surface area contributed by atoms with E-state index in [1.165, 1.54) is 11.1 Å². The SMILES string of the molecule is N=C1/C(=C/c2ccc(-c3ccccc3Cl)o2)C(=O)N=C2SC(CC(=O)N3CCCC3)=NN12. The molecule has 162 valence electrons. The molecule has 2 aromatic rings. The molecule has 0 bridgehead atoms. The molecule has 1 fully saturated rings. The molecule has 1 saturated heterocycles. The van der Waals surface area contributed by atoms with Crippen LogP contribution in [0.3, 0.4) is 0 Å². The molecule has 4 heterocycles. The van der Waals surface area contributed by atoms with Crippen LogP contribution in [0, 0.1) is 5.41 Å². The van der Waals surface area contributed by atoms with Crippen LogP contribution in [-0.4, -0.2) is 50.9 Å². The fourth-order valence-corrected chi connectivity index (χ4v) is 4.79. The zero-order valence-corrected chi connectivity index (χ0v) is 18.4. The van der Waals surface area contributed by atoms with E-state index in [-0.39, 0.29) is 28.9 Å². The van der Waals surface area contributed by atoms with Gasteiger partial charge in [-0.3, -0.25) is 15.0 Å². The topological polar surface area (TPSA) is 102 Å². The Morgan fingerprint density at radius 2 is 2.00 bits per heavy atom. The molecule has 0 radical (unpaired) electrons. The number of amidine groups is 2. The number of fused-ring (bicyclic) bond motifs is 1. The summed E-state index contributed by atoms with van der Waals surface area (Å²) in [7, 11) is 0. The minimum atomic E-state index is -0.549. The highest BCUT2D eigenvalue weighted by Crippen LogP contribution is 2.32. The van der Waals surface area contributed by atoms with Gasteiger partial charge in [0.15, 0.2) is 5.84 Å². The zero-order chi connectivity index (χ0) is 22.2. The number of aliphatic imine (C=N–C) groups is 1. The first-order chi connectivity index (χ1) is 15.5. The van der Waals surface area contributed by atoms with Gasteiger partial charge in [-0.1, -0.05) is 23.7 Å². The van der Waals surface area contributed by atoms with Crippen LogP contribution in [-0.2, 0) is 9.59 Å². The largest absolute Gasteiger partial charge is 0.457 e. The second-order valence-corrected chi connectivity index (χ2v) is 8.91. The molecular formula is C22H18ClN5O3S. The number of benzene rings is 1. The maximum Gasteiger partial charge on any atom is 0.283 e. The predicted octanol–water partition coefficient (Wildman–Crippen LogP) is 4.23. The van der Waals surface area contributed by atoms with Gasteiger partial charge in [-0.2, -0.15) is 15.1 Å². The Kier molecular flexibility index (Phi) is 5.44. The van der Waals surface area contributed by atoms with Crippen molar-refractivity contribution < 1.29 is 14.0 Å². The molecule has 0 unspecified atom stereocenters. The third kappa shape index (κ3) is 3.89. The Bertz CT molecular complexity index is 1230. The molecule has 0 saturated carbocycles. The Morgan fingerprint density at radius 3 is 2.78 bits per heavy atom. The summed E-state index contributed by atoms with van der Waals surface area (Å²) in [5, 5.41) is 15.5. The van der Waals surface area contributed by atoms with E-state index >= 15 is 0 Å². The molecule has 1 N–H and O–H groups in total. The van der Waals surface area contributed by atoms with Crippen molar-refractivity contribution in [1.82, 2.24) is 9.91 Å². The smallest absolute Gasteiger partial charge is 0.283 e. The Balaban J connectivity index is 1.36. The standard InChI is InChI=1S/C22H18ClN5O3S/c23-16-6-2-1-5-14(16)17-8-7-13(31-17)11-15-20(24)28-22(25-21(15)30)32-18(26-28)12-19(29)27-9-3-4-10-27/h1-2,5-8,11,24H,3-4,9-10,12H2/b15-11-,24-20?. The molecule has 1 aromatic carbocycles. The van der Waals surface area contributed by atoms with E-state index in [9.17, 15) is 9.59 Å². The summed E-state index contributed by atoms with van der Waals surface area (Å²) in [6.07, 6.45) is 3.64. The van der Waals surface area contributed by atoms with Gasteiger partial charge in [0.1, 0.15) is 16.6 Å². The lowest BCUT2D eigenvalue weighted by molar-refractivity contribution is -0.128. The molecule has 3 aliphatic heterocycles. The van der Waals surface area contributed by atoms with Crippen molar-refractivity contribution in [3.05, 3.63) is 52.8 Å². The fraction of sp³-hybridized carbons (Fsp3) is 0.227. The monoisotopic (exact) mass is 467 g/mol. The second-order valence-electron chi connectivity index (χ2n) is 7.46. The molecule has 32 heavy (non-hydrogen) atoms. The number of amides is 2. The van der Waals surface area contributed by atoms with Crippen LogP contribution in [0.4, 0.5) is 0 Å². The molecule has 3 aliphatic rings. The van der Waals surface area contributed by atoms with Gasteiger partial charge in [-0.25, -0.2) is 0 Å². The summed E-state index contributed by atoms with van der Waals surface area (Å²) in [6, 6.07) is 10.7. The lowest BCUT2D eigenvalue weighted by Gasteiger charge is -2.19. The maximum atomic E-state index is 12.6. The number of nitrogens with one attached hydrogen (secondary N) is 1. The Labute approximate surface area is 193 Å². The van der Waals surface area contributed by atoms with E-state index in [0.29, 0.717) is 21.6 Å². The number of likely N-dealkylation sites (tertiary alicyclic amines) is 1. The summed E-state index contributed by atoms with van der Waals surface area (Å²) in [4.78, 5) is 30.9. The molecule has 2 amide bonds. The number of hydrazone groups is 1. The van der Waals surface area contributed by atoms with Gasteiger partial charge < -0.3 is 9.32 Å². The van der Waals surface area contributed by atoms with Gasteiger partial charge in [0.2, 0.25) is 11.1 Å². The molecule has 0 atom stereocenters. The van der Waals surface area contributed by atoms with Crippen molar-refractivity contribution in [1.29, 1.82) is 5.41 Å². The van der Waals surface area contributed by atoms with Gasteiger partial charge in [0.05, 0.1) is 17.0 Å². The lowest BCUT2D eigenvalue weighted by Crippen LogP contribution is -2.35. The lowest BCUT2D eigenvalue weighted by atomic mass is 10.1. The Morgan fingerprint density at radius 1 is 1.22 bits per heavy atom. The van der Waals surface area contributed by atoms with E-state index in [0.717, 1.165) is 43.3 Å². The zero-order valence-electron chi connectivity index (χ0n) is 16.9. The highest BCUT2D eigenvalue weighted by Gasteiger charge is 2.36. The highest BCUT2D eigenvalue weighted by atomic mass is 35.5. The summed E-state index contributed by atoms with van der Waals surface area (Å²) >= 11 is 7.38. The van der Waals surface area contributed by atoms with Crippen LogP contribution in [0.5, 0.6) is 0 Å². The van der Waals surface area contributed by atoms with Crippen molar-refractivity contribution in [2.24, 2.45) is 10.1 Å². The number of rotatable bonds is 4. The average Bonchev–Trinajstić information content (AvgIpc) is 3.52. The molecule has 8 nitrogen and oxygen atoms in total. The van der Waals surface area contributed by atoms with E-state index in [1.807, 2.05) is 23.1 Å². The van der Waals surface area contributed by atoms with Crippen LogP contribution in [0.15, 0.2) is 56.5 Å². The van der Waals surface area contributed by atoms with Gasteiger partial charge >= 0.3 is 0 Å². The van der Waals surface area contributed by atoms with Gasteiger partial charge in [-0.15, -0.1) is 0 Å². The number of nitrogens with zero attached hydrogens (tertiary/aromatic N) is 4. The first-order valence-corrected chi connectivity index (χ1v) is 11.3. The quantitative estimate of drug-likeness (QED) is 0.678. The normalized spacial score (nSPS) is 19.5. The van der Waals surface area contributed by atoms with Crippen LogP contribution in [0.2, 0.25) is 5.02 Å². The summed E-state index contributed by atoms with van der Waals surface area (Å²) in [6.45, 7) is 1.53. The maximum absolute atomic E-state index is 12.6. The van der Waals surface area contributed by atoms with Gasteiger partial charge in [-0.05, 0) is 54.9 Å². The minimum absolute atomic E-state index is 0.00510. The summed E-state index contributed by atoms with van der Waals surface area (Å²) in [5.41, 5.74) is 0.794. The third-order valence-corrected chi connectivity index (χ3v) is 6.55. The van der Waals surface area contributed by atoms with Crippen molar-refractivity contribution >= 4 is 57.3 Å². The average molecular weight is 468 g/mol. The van der Waals surface area contributed by atoms with Crippen molar-refractivity contribution in [3.8, 4) is 11.3 Å². The van der Waals surface area contributed by atoms with Crippen molar-refractivity contribution in [2.45, 2.75) is 19.3 Å². The van der Waals surface area contributed by atoms with E-state index in [4.69, 9.17) is 21.4 Å². The first kappa shape index (κ1) is 20.7. The molecule has 10 heteroatoms. The number of thioether (sulfide) groups is 1. The van der Waals surface area contributed by atoms with E-state index < -0.39 is 5.91 Å². The number of hydrogen-bond donors (Lipinski definition) is 1. The molecular weight excluding hydrogens is 450 g/mol. The van der Waals surface area contributed by atoms with E-state index in [2.05, 4.69) is 10.1 Å². The molecule has 0 aliphatic carbocycles. The number of carbonyl (C=O) groups excluding carboxylic acids is 2. The van der Waals surface area contributed by atoms with Crippen LogP contribution < -0.4 is 0 Å². The predicted molar refractivity (Wildman–Crippen MR) is 125 cm³/mol. The highest BCUT2D eigenvalue weighted by molar-refractivity contribution is 8.27. The number of carbonyl (C=O) groups is 2. The van der Waals surface area contributed by atoms with Crippen LogP contribution in [0.1, 0.15) is 25.0 Å². The van der Waals surface area contributed by atoms with Gasteiger partial charge in [0, 0.05) is 18.7 Å². The summed E-state index contributed by atoms with van der Waals surface area (Å²) in [5.74, 6) is 0.301. The minimum Gasteiger partial charge on any atom is -0.457 e. The molecule has 5 rings (SSSR count). The number of furan rings is 1. The molecule has 0 spiro atoms. The summed E-state index contributed by atoms with van der Waals surface area (Å²) < 4.78 is 5.82. The number of halogens is 1. The third-order valence-electron chi connectivity index (χ3n) is 5.31. The van der Waals surface area contributed by atoms with Crippen molar-refractivity contribution in [3.63, 3.8) is 0 Å². The second kappa shape index (κ2) is 8.40. The van der Waals surface area contributed by atoms with Crippen LogP contribution in [0.25, 0.3) is 17.4 Å². The van der Waals surface area contributed by atoms with E-state index in [1.54, 1.807) is 18.2 Å². The number of hydrogen-bond acceptors (Lipinski definition) is 6. The fourth-order valence-electron chi connectivity index (χ4n) is 3.69. The van der Waals surface area contributed by atoms with Crippen LogP contribution >= 0.6 is 23.4 Å². The Hall–Kier alpha value is -3.17. The molecule has 1 aromatic heterocycles.